The molecule has 0 N–H and O–H groups in total. The standard InChI is InChI=1S/C18H29/c1-8-14-11-12-15(17(4,5)9-2)13-16(14)18(6,7)10-3/h8,11-13H,9-10H2,1-7H3. The Bertz CT molecular complexity index is 396. The van der Waals surface area contributed by atoms with Gasteiger partial charge in [0, 0.05) is 0 Å². The number of benzene rings is 1. The highest BCUT2D eigenvalue weighted by atomic mass is 14.3. The van der Waals surface area contributed by atoms with Crippen LogP contribution in [-0.2, 0) is 10.8 Å². The van der Waals surface area contributed by atoms with Gasteiger partial charge in [-0.15, -0.1) is 0 Å². The van der Waals surface area contributed by atoms with Gasteiger partial charge in [-0.05, 0) is 46.8 Å². The predicted molar refractivity (Wildman–Crippen MR) is 82.2 cm³/mol. The summed E-state index contributed by atoms with van der Waals surface area (Å²) in [6.07, 6.45) is 4.58. The Kier molecular flexibility index (Phi) is 4.64. The largest absolute Gasteiger partial charge is 0.0646 e. The van der Waals surface area contributed by atoms with Gasteiger partial charge in [0.25, 0.3) is 0 Å². The molecule has 1 aromatic carbocycles. The third-order valence-corrected chi connectivity index (χ3v) is 4.64. The van der Waals surface area contributed by atoms with Gasteiger partial charge in [-0.3, -0.25) is 0 Å². The minimum Gasteiger partial charge on any atom is -0.0646 e. The first-order chi connectivity index (χ1) is 8.28. The summed E-state index contributed by atoms with van der Waals surface area (Å²) in [5.74, 6) is 0. The van der Waals surface area contributed by atoms with Crippen molar-refractivity contribution in [1.29, 1.82) is 0 Å². The van der Waals surface area contributed by atoms with Gasteiger partial charge in [0.2, 0.25) is 0 Å². The van der Waals surface area contributed by atoms with Crippen LogP contribution in [0.2, 0.25) is 0 Å². The normalized spacial score (nSPS) is 12.8. The molecule has 0 saturated carbocycles. The van der Waals surface area contributed by atoms with Gasteiger partial charge in [0.05, 0.1) is 0 Å². The molecule has 0 aliphatic carbocycles. The fourth-order valence-corrected chi connectivity index (χ4v) is 2.21. The Balaban J connectivity index is 3.35. The molecule has 0 heterocycles. The molecule has 1 rings (SSSR count). The van der Waals surface area contributed by atoms with Gasteiger partial charge in [-0.2, -0.15) is 0 Å². The third-order valence-electron chi connectivity index (χ3n) is 4.64. The molecule has 18 heavy (non-hydrogen) atoms. The highest BCUT2D eigenvalue weighted by molar-refractivity contribution is 5.42. The average molecular weight is 245 g/mol. The van der Waals surface area contributed by atoms with Crippen molar-refractivity contribution in [2.24, 2.45) is 0 Å². The zero-order valence-corrected chi connectivity index (χ0v) is 13.2. The van der Waals surface area contributed by atoms with Crippen LogP contribution in [0.1, 0.15) is 78.0 Å². The molecule has 0 fully saturated rings. The molecule has 0 amide bonds. The van der Waals surface area contributed by atoms with Gasteiger partial charge in [0.1, 0.15) is 0 Å². The molecule has 0 heteroatoms. The van der Waals surface area contributed by atoms with E-state index in [1.165, 1.54) is 29.5 Å². The summed E-state index contributed by atoms with van der Waals surface area (Å²) in [6.45, 7) is 16.0. The smallest absolute Gasteiger partial charge is 0.0103 e. The molecule has 0 aliphatic rings. The summed E-state index contributed by atoms with van der Waals surface area (Å²) in [7, 11) is 0. The van der Waals surface area contributed by atoms with Crippen molar-refractivity contribution in [3.63, 3.8) is 0 Å². The minimum absolute atomic E-state index is 0.252. The van der Waals surface area contributed by atoms with Crippen LogP contribution in [0.3, 0.4) is 0 Å². The van der Waals surface area contributed by atoms with Crippen LogP contribution in [-0.4, -0.2) is 0 Å². The van der Waals surface area contributed by atoms with Gasteiger partial charge < -0.3 is 0 Å². The van der Waals surface area contributed by atoms with Gasteiger partial charge in [0.15, 0.2) is 0 Å². The second kappa shape index (κ2) is 5.47. The van der Waals surface area contributed by atoms with E-state index < -0.39 is 0 Å². The van der Waals surface area contributed by atoms with Crippen LogP contribution in [0.4, 0.5) is 0 Å². The monoisotopic (exact) mass is 245 g/mol. The Labute approximate surface area is 114 Å². The maximum absolute atomic E-state index is 2.43. The van der Waals surface area contributed by atoms with Crippen molar-refractivity contribution in [1.82, 2.24) is 0 Å². The van der Waals surface area contributed by atoms with Gasteiger partial charge >= 0.3 is 0 Å². The fraction of sp³-hybridized carbons (Fsp3) is 0.611. The number of rotatable bonds is 5. The van der Waals surface area contributed by atoms with Crippen LogP contribution in [0.5, 0.6) is 0 Å². The van der Waals surface area contributed by atoms with E-state index in [1.54, 1.807) is 0 Å². The molecule has 0 nitrogen and oxygen atoms in total. The summed E-state index contributed by atoms with van der Waals surface area (Å²) in [5.41, 5.74) is 4.86. The minimum atomic E-state index is 0.252. The summed E-state index contributed by atoms with van der Waals surface area (Å²) in [5, 5.41) is 0. The fourth-order valence-electron chi connectivity index (χ4n) is 2.21. The van der Waals surface area contributed by atoms with E-state index in [4.69, 9.17) is 0 Å². The van der Waals surface area contributed by atoms with Crippen molar-refractivity contribution in [2.45, 2.75) is 72.1 Å². The summed E-state index contributed by atoms with van der Waals surface area (Å²) < 4.78 is 0. The maximum atomic E-state index is 2.43. The van der Waals surface area contributed by atoms with E-state index in [0.29, 0.717) is 0 Å². The van der Waals surface area contributed by atoms with Gasteiger partial charge in [-0.25, -0.2) is 0 Å². The first-order valence-corrected chi connectivity index (χ1v) is 7.23. The average Bonchev–Trinajstić information content (AvgIpc) is 2.37. The lowest BCUT2D eigenvalue weighted by atomic mass is 9.74. The first kappa shape index (κ1) is 15.3. The Morgan fingerprint density at radius 3 is 1.94 bits per heavy atom. The Hall–Kier alpha value is -0.780. The van der Waals surface area contributed by atoms with Crippen molar-refractivity contribution in [3.8, 4) is 0 Å². The van der Waals surface area contributed by atoms with Gasteiger partial charge in [-0.1, -0.05) is 66.7 Å². The molecule has 101 valence electrons. The molecule has 0 atom stereocenters. The number of hydrogen-bond donors (Lipinski definition) is 0. The second-order valence-corrected chi connectivity index (χ2v) is 6.57. The lowest BCUT2D eigenvalue weighted by molar-refractivity contribution is 0.487. The summed E-state index contributed by atoms with van der Waals surface area (Å²) in [6, 6.07) is 7.02. The number of hydrogen-bond acceptors (Lipinski definition) is 0. The van der Waals surface area contributed by atoms with Crippen LogP contribution in [0, 0.1) is 6.42 Å². The molecular formula is C18H29. The molecule has 0 aliphatic heterocycles. The highest BCUT2D eigenvalue weighted by Crippen LogP contribution is 2.35. The molecule has 0 bridgehead atoms. The van der Waals surface area contributed by atoms with E-state index in [9.17, 15) is 0 Å². The summed E-state index contributed by atoms with van der Waals surface area (Å²) >= 11 is 0. The molecular weight excluding hydrogens is 216 g/mol. The van der Waals surface area contributed by atoms with Crippen LogP contribution in [0.15, 0.2) is 18.2 Å². The van der Waals surface area contributed by atoms with E-state index in [2.05, 4.69) is 73.1 Å². The predicted octanol–water partition coefficient (Wildman–Crippen LogP) is 5.63. The Morgan fingerprint density at radius 1 is 0.944 bits per heavy atom. The van der Waals surface area contributed by atoms with Crippen LogP contribution >= 0.6 is 0 Å². The quantitative estimate of drug-likeness (QED) is 0.630. The third kappa shape index (κ3) is 2.96. The lowest BCUT2D eigenvalue weighted by Crippen LogP contribution is -2.21. The molecule has 1 aromatic rings. The SMILES string of the molecule is C[CH]c1ccc(C(C)(C)CC)cc1C(C)(C)CC. The highest BCUT2D eigenvalue weighted by Gasteiger charge is 2.25. The summed E-state index contributed by atoms with van der Waals surface area (Å²) in [4.78, 5) is 0. The topological polar surface area (TPSA) is 0 Å². The van der Waals surface area contributed by atoms with E-state index in [0.717, 1.165) is 0 Å². The van der Waals surface area contributed by atoms with Crippen LogP contribution in [0.25, 0.3) is 0 Å². The molecule has 1 radical (unpaired) electrons. The maximum Gasteiger partial charge on any atom is -0.0103 e. The lowest BCUT2D eigenvalue weighted by Gasteiger charge is -2.30. The molecule has 0 unspecified atom stereocenters. The van der Waals surface area contributed by atoms with Crippen LogP contribution < -0.4 is 0 Å². The van der Waals surface area contributed by atoms with Crippen molar-refractivity contribution in [2.75, 3.05) is 0 Å². The second-order valence-electron chi connectivity index (χ2n) is 6.57. The zero-order valence-electron chi connectivity index (χ0n) is 13.2. The van der Waals surface area contributed by atoms with Crippen molar-refractivity contribution in [3.05, 3.63) is 41.3 Å². The van der Waals surface area contributed by atoms with Crippen molar-refractivity contribution < 1.29 is 0 Å². The van der Waals surface area contributed by atoms with E-state index in [-0.39, 0.29) is 10.8 Å². The van der Waals surface area contributed by atoms with E-state index in [1.807, 2.05) is 0 Å². The molecule has 0 saturated heterocycles. The Morgan fingerprint density at radius 2 is 1.50 bits per heavy atom. The first-order valence-electron chi connectivity index (χ1n) is 7.23. The molecule has 0 spiro atoms. The zero-order chi connectivity index (χ0) is 14.0. The molecule has 0 aromatic heterocycles. The van der Waals surface area contributed by atoms with E-state index >= 15 is 0 Å². The van der Waals surface area contributed by atoms with Crippen molar-refractivity contribution >= 4 is 0 Å².